The minimum absolute atomic E-state index is 0.0555. The average molecular weight is 357 g/mol. The van der Waals surface area contributed by atoms with Gasteiger partial charge in [-0.2, -0.15) is 0 Å². The lowest BCUT2D eigenvalue weighted by atomic mass is 10.2. The van der Waals surface area contributed by atoms with Crippen LogP contribution in [0.25, 0.3) is 0 Å². The van der Waals surface area contributed by atoms with Gasteiger partial charge < -0.3 is 9.80 Å². The van der Waals surface area contributed by atoms with Crippen LogP contribution in [0.15, 0.2) is 48.5 Å². The average Bonchev–Trinajstić information content (AvgIpc) is 2.61. The second kappa shape index (κ2) is 9.34. The lowest BCUT2D eigenvalue weighted by molar-refractivity contribution is -0.131. The normalized spacial score (nSPS) is 10.8. The zero-order valence-electron chi connectivity index (χ0n) is 16.1. The largest absolute Gasteiger partial charge is 0.378 e. The Labute approximate surface area is 155 Å². The first-order chi connectivity index (χ1) is 12.4. The molecule has 0 unspecified atom stereocenters. The van der Waals surface area contributed by atoms with Crippen molar-refractivity contribution in [3.05, 3.63) is 65.5 Å². The van der Waals surface area contributed by atoms with Crippen molar-refractivity contribution < 1.29 is 9.18 Å². The van der Waals surface area contributed by atoms with Gasteiger partial charge in [0.1, 0.15) is 5.82 Å². The number of nitrogens with zero attached hydrogens (tertiary/aromatic N) is 3. The smallest absolute Gasteiger partial charge is 0.236 e. The monoisotopic (exact) mass is 357 g/mol. The fraction of sp³-hybridized carbons (Fsp3) is 0.381. The SMILES string of the molecule is CCN(CC(=O)N(C)Cc1ccc(N(C)C)cc1)Cc1cccc(F)c1. The van der Waals surface area contributed by atoms with Gasteiger partial charge in [0.2, 0.25) is 5.91 Å². The van der Waals surface area contributed by atoms with Gasteiger partial charge in [-0.1, -0.05) is 31.2 Å². The van der Waals surface area contributed by atoms with Crippen LogP contribution in [0.5, 0.6) is 0 Å². The third kappa shape index (κ3) is 5.85. The Hall–Kier alpha value is -2.40. The molecule has 4 nitrogen and oxygen atoms in total. The minimum Gasteiger partial charge on any atom is -0.378 e. The first-order valence-electron chi connectivity index (χ1n) is 8.86. The Bertz CT molecular complexity index is 715. The van der Waals surface area contributed by atoms with Crippen molar-refractivity contribution in [1.29, 1.82) is 0 Å². The number of amides is 1. The summed E-state index contributed by atoms with van der Waals surface area (Å²) in [4.78, 5) is 18.3. The van der Waals surface area contributed by atoms with E-state index in [9.17, 15) is 9.18 Å². The number of likely N-dealkylation sites (N-methyl/N-ethyl adjacent to an activating group) is 2. The molecule has 2 rings (SSSR count). The molecular formula is C21H28FN3O. The first-order valence-corrected chi connectivity index (χ1v) is 8.86. The Morgan fingerprint density at radius 2 is 1.65 bits per heavy atom. The van der Waals surface area contributed by atoms with E-state index < -0.39 is 0 Å². The molecule has 0 aliphatic heterocycles. The van der Waals surface area contributed by atoms with E-state index in [-0.39, 0.29) is 11.7 Å². The molecule has 0 aliphatic rings. The molecule has 5 heteroatoms. The van der Waals surface area contributed by atoms with E-state index in [0.717, 1.165) is 23.4 Å². The Morgan fingerprint density at radius 3 is 2.23 bits per heavy atom. The molecule has 2 aromatic rings. The van der Waals surface area contributed by atoms with Crippen LogP contribution in [0.2, 0.25) is 0 Å². The van der Waals surface area contributed by atoms with E-state index in [1.54, 1.807) is 11.0 Å². The number of hydrogen-bond acceptors (Lipinski definition) is 3. The number of rotatable bonds is 8. The Morgan fingerprint density at radius 1 is 0.962 bits per heavy atom. The Balaban J connectivity index is 1.91. The van der Waals surface area contributed by atoms with Crippen LogP contribution in [-0.2, 0) is 17.9 Å². The second-order valence-electron chi connectivity index (χ2n) is 6.74. The number of carbonyl (C=O) groups excluding carboxylic acids is 1. The first kappa shape index (κ1) is 19.9. The fourth-order valence-corrected chi connectivity index (χ4v) is 2.75. The maximum Gasteiger partial charge on any atom is 0.236 e. The number of benzene rings is 2. The maximum atomic E-state index is 13.3. The molecule has 0 N–H and O–H groups in total. The zero-order valence-corrected chi connectivity index (χ0v) is 16.1. The molecule has 0 saturated carbocycles. The predicted octanol–water partition coefficient (Wildman–Crippen LogP) is 3.37. The van der Waals surface area contributed by atoms with Gasteiger partial charge in [0, 0.05) is 39.9 Å². The molecule has 0 aromatic heterocycles. The highest BCUT2D eigenvalue weighted by atomic mass is 19.1. The van der Waals surface area contributed by atoms with Crippen LogP contribution in [0.4, 0.5) is 10.1 Å². The summed E-state index contributed by atoms with van der Waals surface area (Å²) in [7, 11) is 5.82. The summed E-state index contributed by atoms with van der Waals surface area (Å²) in [6.45, 7) is 4.19. The summed E-state index contributed by atoms with van der Waals surface area (Å²) in [5.74, 6) is -0.192. The number of hydrogen-bond donors (Lipinski definition) is 0. The lowest BCUT2D eigenvalue weighted by Gasteiger charge is -2.24. The molecule has 0 fully saturated rings. The zero-order chi connectivity index (χ0) is 19.1. The quantitative estimate of drug-likeness (QED) is 0.725. The van der Waals surface area contributed by atoms with Crippen LogP contribution >= 0.6 is 0 Å². The molecular weight excluding hydrogens is 329 g/mol. The molecule has 0 atom stereocenters. The van der Waals surface area contributed by atoms with Crippen molar-refractivity contribution in [2.75, 3.05) is 39.1 Å². The molecule has 0 bridgehead atoms. The van der Waals surface area contributed by atoms with Crippen LogP contribution in [0.3, 0.4) is 0 Å². The molecule has 0 heterocycles. The van der Waals surface area contributed by atoms with Crippen molar-refractivity contribution in [1.82, 2.24) is 9.80 Å². The number of carbonyl (C=O) groups is 1. The van der Waals surface area contributed by atoms with Gasteiger partial charge in [0.15, 0.2) is 0 Å². The van der Waals surface area contributed by atoms with Gasteiger partial charge >= 0.3 is 0 Å². The van der Waals surface area contributed by atoms with E-state index >= 15 is 0 Å². The highest BCUT2D eigenvalue weighted by molar-refractivity contribution is 5.78. The second-order valence-corrected chi connectivity index (χ2v) is 6.74. The summed E-state index contributed by atoms with van der Waals surface area (Å²) in [5.41, 5.74) is 3.11. The van der Waals surface area contributed by atoms with E-state index in [0.29, 0.717) is 19.6 Å². The maximum absolute atomic E-state index is 13.3. The van der Waals surface area contributed by atoms with Gasteiger partial charge in [0.25, 0.3) is 0 Å². The number of halogens is 1. The van der Waals surface area contributed by atoms with Gasteiger partial charge in [-0.15, -0.1) is 0 Å². The number of anilines is 1. The van der Waals surface area contributed by atoms with Crippen LogP contribution in [0, 0.1) is 5.82 Å². The summed E-state index contributed by atoms with van der Waals surface area (Å²) in [5, 5.41) is 0. The third-order valence-electron chi connectivity index (χ3n) is 4.40. The molecule has 0 saturated heterocycles. The minimum atomic E-state index is -0.247. The van der Waals surface area contributed by atoms with E-state index in [1.165, 1.54) is 12.1 Å². The topological polar surface area (TPSA) is 26.8 Å². The van der Waals surface area contributed by atoms with Gasteiger partial charge in [-0.05, 0) is 41.9 Å². The molecule has 0 aliphatic carbocycles. The molecule has 26 heavy (non-hydrogen) atoms. The molecule has 0 radical (unpaired) electrons. The third-order valence-corrected chi connectivity index (χ3v) is 4.40. The van der Waals surface area contributed by atoms with Crippen LogP contribution in [-0.4, -0.2) is 49.9 Å². The molecule has 2 aromatic carbocycles. The van der Waals surface area contributed by atoms with Gasteiger partial charge in [0.05, 0.1) is 6.54 Å². The summed E-state index contributed by atoms with van der Waals surface area (Å²) >= 11 is 0. The molecule has 1 amide bonds. The predicted molar refractivity (Wildman–Crippen MR) is 105 cm³/mol. The van der Waals surface area contributed by atoms with Crippen LogP contribution < -0.4 is 4.90 Å². The lowest BCUT2D eigenvalue weighted by Crippen LogP contribution is -2.37. The summed E-state index contributed by atoms with van der Waals surface area (Å²) in [6.07, 6.45) is 0. The summed E-state index contributed by atoms with van der Waals surface area (Å²) in [6, 6.07) is 14.7. The summed E-state index contributed by atoms with van der Waals surface area (Å²) < 4.78 is 13.3. The fourth-order valence-electron chi connectivity index (χ4n) is 2.75. The molecule has 140 valence electrons. The highest BCUT2D eigenvalue weighted by Crippen LogP contribution is 2.14. The van der Waals surface area contributed by atoms with E-state index in [2.05, 4.69) is 12.1 Å². The Kier molecular flexibility index (Phi) is 7.16. The van der Waals surface area contributed by atoms with Crippen molar-refractivity contribution >= 4 is 11.6 Å². The van der Waals surface area contributed by atoms with Crippen molar-refractivity contribution in [3.8, 4) is 0 Å². The van der Waals surface area contributed by atoms with Gasteiger partial charge in [-0.3, -0.25) is 9.69 Å². The van der Waals surface area contributed by atoms with Crippen LogP contribution in [0.1, 0.15) is 18.1 Å². The van der Waals surface area contributed by atoms with Crippen molar-refractivity contribution in [2.24, 2.45) is 0 Å². The highest BCUT2D eigenvalue weighted by Gasteiger charge is 2.14. The van der Waals surface area contributed by atoms with E-state index in [1.807, 2.05) is 56.1 Å². The standard InChI is InChI=1S/C21H28FN3O/c1-5-25(15-18-7-6-8-19(22)13-18)16-21(26)24(4)14-17-9-11-20(12-10-17)23(2)3/h6-13H,5,14-16H2,1-4H3. The van der Waals surface area contributed by atoms with Crippen molar-refractivity contribution in [2.45, 2.75) is 20.0 Å². The van der Waals surface area contributed by atoms with Gasteiger partial charge in [-0.25, -0.2) is 4.39 Å². The molecule has 0 spiro atoms. The van der Waals surface area contributed by atoms with Crippen molar-refractivity contribution in [3.63, 3.8) is 0 Å². The van der Waals surface area contributed by atoms with E-state index in [4.69, 9.17) is 0 Å².